The topological polar surface area (TPSA) is 44.2 Å². The van der Waals surface area contributed by atoms with E-state index >= 15 is 0 Å². The fourth-order valence-corrected chi connectivity index (χ4v) is 3.98. The van der Waals surface area contributed by atoms with Gasteiger partial charge in [-0.05, 0) is 56.0 Å². The van der Waals surface area contributed by atoms with Gasteiger partial charge in [0.25, 0.3) is 0 Å². The summed E-state index contributed by atoms with van der Waals surface area (Å²) >= 11 is 1.64. The molecular formula is C20H21ClN2O2S. The number of methoxy groups -OCH3 is 1. The molecule has 1 aromatic carbocycles. The van der Waals surface area contributed by atoms with Crippen LogP contribution in [-0.4, -0.2) is 23.2 Å². The van der Waals surface area contributed by atoms with Crippen molar-refractivity contribution in [3.8, 4) is 33.3 Å². The molecule has 1 saturated carbocycles. The molecule has 0 radical (unpaired) electrons. The van der Waals surface area contributed by atoms with Crippen molar-refractivity contribution in [2.45, 2.75) is 31.8 Å². The third kappa shape index (κ3) is 4.00. The maximum absolute atomic E-state index is 6.19. The van der Waals surface area contributed by atoms with E-state index in [1.807, 2.05) is 30.3 Å². The lowest BCUT2D eigenvalue weighted by atomic mass is 10.1. The quantitative estimate of drug-likeness (QED) is 0.568. The first kappa shape index (κ1) is 18.7. The lowest BCUT2D eigenvalue weighted by Crippen LogP contribution is -2.11. The number of benzene rings is 1. The van der Waals surface area contributed by atoms with Crippen LogP contribution in [0, 0.1) is 0 Å². The predicted molar refractivity (Wildman–Crippen MR) is 107 cm³/mol. The van der Waals surface area contributed by atoms with Gasteiger partial charge in [0.1, 0.15) is 5.01 Å². The highest BCUT2D eigenvalue weighted by atomic mass is 35.5. The molecule has 0 spiro atoms. The maximum atomic E-state index is 6.19. The fraction of sp³-hybridized carbons (Fsp3) is 0.300. The van der Waals surface area contributed by atoms with Gasteiger partial charge < -0.3 is 9.47 Å². The van der Waals surface area contributed by atoms with Crippen LogP contribution in [-0.2, 0) is 0 Å². The van der Waals surface area contributed by atoms with Gasteiger partial charge in [0.05, 0.1) is 18.9 Å². The van der Waals surface area contributed by atoms with Crippen molar-refractivity contribution >= 4 is 23.7 Å². The van der Waals surface area contributed by atoms with E-state index in [9.17, 15) is 0 Å². The number of thiazole rings is 1. The largest absolute Gasteiger partial charge is 0.493 e. The predicted octanol–water partition coefficient (Wildman–Crippen LogP) is 5.62. The smallest absolute Gasteiger partial charge is 0.162 e. The van der Waals surface area contributed by atoms with E-state index in [0.29, 0.717) is 6.10 Å². The summed E-state index contributed by atoms with van der Waals surface area (Å²) in [5.41, 5.74) is 3.09. The number of nitrogens with zero attached hydrogens (tertiary/aromatic N) is 2. The molecule has 0 saturated heterocycles. The van der Waals surface area contributed by atoms with Crippen LogP contribution in [0.2, 0.25) is 0 Å². The Hall–Kier alpha value is -2.11. The van der Waals surface area contributed by atoms with Crippen LogP contribution in [0.15, 0.2) is 48.1 Å². The SMILES string of the molecule is COc1ccc(-c2csc(-c3ccncc3)n2)cc1OC1CCCC1.Cl. The number of aromatic nitrogens is 2. The van der Waals surface area contributed by atoms with Crippen LogP contribution >= 0.6 is 23.7 Å². The Kier molecular flexibility index (Phi) is 6.12. The van der Waals surface area contributed by atoms with Crippen LogP contribution in [0.3, 0.4) is 0 Å². The Morgan fingerprint density at radius 1 is 1.00 bits per heavy atom. The second kappa shape index (κ2) is 8.52. The van der Waals surface area contributed by atoms with Crippen LogP contribution in [0.25, 0.3) is 21.8 Å². The highest BCUT2D eigenvalue weighted by molar-refractivity contribution is 7.13. The summed E-state index contributed by atoms with van der Waals surface area (Å²) in [6, 6.07) is 10.00. The first-order valence-corrected chi connectivity index (χ1v) is 9.42. The summed E-state index contributed by atoms with van der Waals surface area (Å²) in [5.74, 6) is 1.59. The molecule has 0 aliphatic heterocycles. The molecule has 0 atom stereocenters. The number of hydrogen-bond acceptors (Lipinski definition) is 5. The van der Waals surface area contributed by atoms with E-state index in [-0.39, 0.29) is 12.4 Å². The van der Waals surface area contributed by atoms with E-state index in [0.717, 1.165) is 46.2 Å². The average Bonchev–Trinajstić information content (AvgIpc) is 3.34. The summed E-state index contributed by atoms with van der Waals surface area (Å²) in [6.45, 7) is 0. The number of pyridine rings is 1. The van der Waals surface area contributed by atoms with Gasteiger partial charge in [-0.15, -0.1) is 23.7 Å². The van der Waals surface area contributed by atoms with Crippen molar-refractivity contribution in [1.29, 1.82) is 0 Å². The van der Waals surface area contributed by atoms with Crippen molar-refractivity contribution in [3.63, 3.8) is 0 Å². The minimum Gasteiger partial charge on any atom is -0.493 e. The molecule has 0 unspecified atom stereocenters. The molecule has 3 aromatic rings. The Balaban J connectivity index is 0.00000196. The lowest BCUT2D eigenvalue weighted by molar-refractivity contribution is 0.201. The standard InChI is InChI=1S/C20H20N2O2S.ClH/c1-23-18-7-6-15(12-19(18)24-16-4-2-3-5-16)17-13-25-20(22-17)14-8-10-21-11-9-14;/h6-13,16H,2-5H2,1H3;1H. The number of ether oxygens (including phenoxy) is 2. The molecule has 26 heavy (non-hydrogen) atoms. The fourth-order valence-electron chi connectivity index (χ4n) is 3.15. The Morgan fingerprint density at radius 3 is 2.50 bits per heavy atom. The molecule has 0 amide bonds. The third-order valence-corrected chi connectivity index (χ3v) is 5.38. The maximum Gasteiger partial charge on any atom is 0.162 e. The van der Waals surface area contributed by atoms with Crippen LogP contribution < -0.4 is 9.47 Å². The normalized spacial score (nSPS) is 14.0. The molecule has 136 valence electrons. The van der Waals surface area contributed by atoms with E-state index in [1.54, 1.807) is 30.8 Å². The first-order chi connectivity index (χ1) is 12.3. The van der Waals surface area contributed by atoms with Gasteiger partial charge >= 0.3 is 0 Å². The monoisotopic (exact) mass is 388 g/mol. The molecule has 1 aliphatic carbocycles. The van der Waals surface area contributed by atoms with Crippen molar-refractivity contribution in [2.24, 2.45) is 0 Å². The molecule has 2 aromatic heterocycles. The Labute approximate surface area is 163 Å². The van der Waals surface area contributed by atoms with Gasteiger partial charge in [-0.1, -0.05) is 0 Å². The highest BCUT2D eigenvalue weighted by Gasteiger charge is 2.19. The second-order valence-electron chi connectivity index (χ2n) is 6.16. The van der Waals surface area contributed by atoms with Crippen molar-refractivity contribution < 1.29 is 9.47 Å². The van der Waals surface area contributed by atoms with Gasteiger partial charge in [0.2, 0.25) is 0 Å². The molecule has 2 heterocycles. The molecule has 4 nitrogen and oxygen atoms in total. The number of halogens is 1. The minimum atomic E-state index is 0. The van der Waals surface area contributed by atoms with Gasteiger partial charge in [-0.3, -0.25) is 4.98 Å². The van der Waals surface area contributed by atoms with E-state index in [2.05, 4.69) is 10.4 Å². The van der Waals surface area contributed by atoms with Crippen LogP contribution in [0.4, 0.5) is 0 Å². The molecule has 4 rings (SSSR count). The first-order valence-electron chi connectivity index (χ1n) is 8.54. The van der Waals surface area contributed by atoms with Gasteiger partial charge in [0.15, 0.2) is 11.5 Å². The van der Waals surface area contributed by atoms with E-state index in [4.69, 9.17) is 14.5 Å². The van der Waals surface area contributed by atoms with E-state index in [1.165, 1.54) is 12.8 Å². The summed E-state index contributed by atoms with van der Waals surface area (Å²) in [6.07, 6.45) is 8.61. The summed E-state index contributed by atoms with van der Waals surface area (Å²) in [7, 11) is 1.68. The molecule has 1 fully saturated rings. The molecule has 1 aliphatic rings. The molecular weight excluding hydrogens is 368 g/mol. The third-order valence-electron chi connectivity index (χ3n) is 4.49. The van der Waals surface area contributed by atoms with Crippen molar-refractivity contribution in [2.75, 3.05) is 7.11 Å². The Bertz CT molecular complexity index is 848. The molecule has 0 bridgehead atoms. The lowest BCUT2D eigenvalue weighted by Gasteiger charge is -2.16. The number of rotatable bonds is 5. The minimum absolute atomic E-state index is 0. The summed E-state index contributed by atoms with van der Waals surface area (Å²) in [4.78, 5) is 8.84. The zero-order chi connectivity index (χ0) is 17.1. The van der Waals surface area contributed by atoms with Crippen molar-refractivity contribution in [1.82, 2.24) is 9.97 Å². The second-order valence-corrected chi connectivity index (χ2v) is 7.02. The van der Waals surface area contributed by atoms with Gasteiger partial charge in [0, 0.05) is 28.9 Å². The zero-order valence-corrected chi connectivity index (χ0v) is 16.2. The van der Waals surface area contributed by atoms with Crippen LogP contribution in [0.5, 0.6) is 11.5 Å². The summed E-state index contributed by atoms with van der Waals surface area (Å²) < 4.78 is 11.7. The van der Waals surface area contributed by atoms with Gasteiger partial charge in [-0.25, -0.2) is 4.98 Å². The van der Waals surface area contributed by atoms with Crippen LogP contribution in [0.1, 0.15) is 25.7 Å². The molecule has 6 heteroatoms. The average molecular weight is 389 g/mol. The Morgan fingerprint density at radius 2 is 1.77 bits per heavy atom. The van der Waals surface area contributed by atoms with Crippen molar-refractivity contribution in [3.05, 3.63) is 48.1 Å². The van der Waals surface area contributed by atoms with Gasteiger partial charge in [-0.2, -0.15) is 0 Å². The molecule has 0 N–H and O–H groups in total. The zero-order valence-electron chi connectivity index (χ0n) is 14.6. The summed E-state index contributed by atoms with van der Waals surface area (Å²) in [5, 5.41) is 3.07. The number of hydrogen-bond donors (Lipinski definition) is 0. The van der Waals surface area contributed by atoms with E-state index < -0.39 is 0 Å². The highest BCUT2D eigenvalue weighted by Crippen LogP contribution is 2.36.